The highest BCUT2D eigenvalue weighted by Crippen LogP contribution is 2.40. The van der Waals surface area contributed by atoms with Gasteiger partial charge in [-0.1, -0.05) is 20.3 Å². The average Bonchev–Trinajstić information content (AvgIpc) is 2.52. The first-order valence-corrected chi connectivity index (χ1v) is 7.16. The van der Waals surface area contributed by atoms with Crippen LogP contribution < -0.4 is 0 Å². The molecule has 100 valence electrons. The van der Waals surface area contributed by atoms with Crippen molar-refractivity contribution in [1.82, 2.24) is 4.98 Å². The van der Waals surface area contributed by atoms with Gasteiger partial charge < -0.3 is 5.11 Å². The lowest BCUT2D eigenvalue weighted by atomic mass is 9.84. The largest absolute Gasteiger partial charge is 0.385 e. The predicted molar refractivity (Wildman–Crippen MR) is 74.3 cm³/mol. The van der Waals surface area contributed by atoms with Crippen molar-refractivity contribution in [3.63, 3.8) is 0 Å². The van der Waals surface area contributed by atoms with Crippen LogP contribution >= 0.6 is 0 Å². The molecular weight excluding hydrogens is 222 g/mol. The third-order valence-electron chi connectivity index (χ3n) is 4.58. The lowest BCUT2D eigenvalue weighted by Gasteiger charge is -2.28. The third-order valence-corrected chi connectivity index (χ3v) is 4.58. The van der Waals surface area contributed by atoms with Gasteiger partial charge >= 0.3 is 0 Å². The molecule has 18 heavy (non-hydrogen) atoms. The Balaban J connectivity index is 2.19. The minimum Gasteiger partial charge on any atom is -0.385 e. The molecule has 1 fully saturated rings. The molecule has 0 aliphatic heterocycles. The summed E-state index contributed by atoms with van der Waals surface area (Å²) in [7, 11) is 0. The van der Waals surface area contributed by atoms with Crippen LogP contribution in [0.3, 0.4) is 0 Å². The molecule has 1 saturated carbocycles. The fourth-order valence-electron chi connectivity index (χ4n) is 3.24. The van der Waals surface area contributed by atoms with E-state index in [1.807, 2.05) is 12.3 Å². The molecule has 0 bridgehead atoms. The molecule has 2 heteroatoms. The molecule has 0 aromatic carbocycles. The number of aliphatic hydroxyl groups is 1. The molecule has 1 aliphatic carbocycles. The van der Waals surface area contributed by atoms with Crippen molar-refractivity contribution in [2.45, 2.75) is 58.5 Å². The monoisotopic (exact) mass is 247 g/mol. The maximum Gasteiger partial charge on any atom is 0.0914 e. The van der Waals surface area contributed by atoms with Gasteiger partial charge in [0.1, 0.15) is 0 Å². The van der Waals surface area contributed by atoms with Gasteiger partial charge in [-0.3, -0.25) is 4.98 Å². The second kappa shape index (κ2) is 5.40. The summed E-state index contributed by atoms with van der Waals surface area (Å²) in [6.07, 6.45) is 8.90. The Morgan fingerprint density at radius 2 is 2.11 bits per heavy atom. The second-order valence-electron chi connectivity index (χ2n) is 6.16. The Morgan fingerprint density at radius 1 is 1.33 bits per heavy atom. The summed E-state index contributed by atoms with van der Waals surface area (Å²) in [5.41, 5.74) is 1.55. The lowest BCUT2D eigenvalue weighted by molar-refractivity contribution is 0.0182. The molecule has 0 saturated heterocycles. The van der Waals surface area contributed by atoms with Crippen molar-refractivity contribution in [1.29, 1.82) is 0 Å². The van der Waals surface area contributed by atoms with Gasteiger partial charge in [-0.05, 0) is 56.1 Å². The molecule has 2 atom stereocenters. The van der Waals surface area contributed by atoms with Crippen LogP contribution in [0.5, 0.6) is 0 Å². The molecular formula is C16H25NO. The first-order chi connectivity index (χ1) is 8.53. The van der Waals surface area contributed by atoms with Gasteiger partial charge in [0, 0.05) is 18.0 Å². The first kappa shape index (κ1) is 13.5. The first-order valence-electron chi connectivity index (χ1n) is 7.16. The van der Waals surface area contributed by atoms with Gasteiger partial charge in [-0.25, -0.2) is 0 Å². The Labute approximate surface area is 110 Å². The highest BCUT2D eigenvalue weighted by Gasteiger charge is 2.34. The highest BCUT2D eigenvalue weighted by molar-refractivity contribution is 5.28. The highest BCUT2D eigenvalue weighted by atomic mass is 16.3. The molecule has 1 heterocycles. The maximum absolute atomic E-state index is 11.0. The van der Waals surface area contributed by atoms with Gasteiger partial charge in [-0.15, -0.1) is 0 Å². The van der Waals surface area contributed by atoms with Crippen LogP contribution in [0.4, 0.5) is 0 Å². The van der Waals surface area contributed by atoms with Crippen molar-refractivity contribution in [3.8, 4) is 0 Å². The molecule has 2 rings (SSSR count). The molecule has 1 aromatic rings. The van der Waals surface area contributed by atoms with E-state index in [0.29, 0.717) is 0 Å². The molecule has 0 spiro atoms. The van der Waals surface area contributed by atoms with E-state index < -0.39 is 5.60 Å². The zero-order valence-corrected chi connectivity index (χ0v) is 11.8. The minimum absolute atomic E-state index is 0.651. The lowest BCUT2D eigenvalue weighted by Crippen LogP contribution is -2.26. The van der Waals surface area contributed by atoms with E-state index in [1.165, 1.54) is 6.42 Å². The summed E-state index contributed by atoms with van der Waals surface area (Å²) < 4.78 is 0. The van der Waals surface area contributed by atoms with Crippen LogP contribution in [0.1, 0.15) is 57.1 Å². The van der Waals surface area contributed by atoms with E-state index in [4.69, 9.17) is 0 Å². The van der Waals surface area contributed by atoms with Gasteiger partial charge in [0.05, 0.1) is 5.60 Å². The van der Waals surface area contributed by atoms with Crippen LogP contribution in [-0.2, 0) is 5.60 Å². The van der Waals surface area contributed by atoms with Crippen LogP contribution in [-0.4, -0.2) is 10.1 Å². The Hall–Kier alpha value is -0.890. The number of rotatable bonds is 2. The van der Waals surface area contributed by atoms with Gasteiger partial charge in [0.2, 0.25) is 0 Å². The van der Waals surface area contributed by atoms with E-state index in [9.17, 15) is 5.11 Å². The normalized spacial score (nSPS) is 29.3. The minimum atomic E-state index is -0.651. The Kier molecular flexibility index (Phi) is 4.06. The van der Waals surface area contributed by atoms with Crippen LogP contribution in [0.15, 0.2) is 18.5 Å². The second-order valence-corrected chi connectivity index (χ2v) is 6.16. The van der Waals surface area contributed by atoms with E-state index >= 15 is 0 Å². The standard InChI is InChI=1S/C16H25NO/c1-12(2)14-5-4-8-16(18,9-6-14)15-11-17-10-7-13(15)3/h7,10-12,14,18H,4-6,8-9H2,1-3H3. The van der Waals surface area contributed by atoms with Crippen LogP contribution in [0.2, 0.25) is 0 Å². The summed E-state index contributed by atoms with van der Waals surface area (Å²) in [6, 6.07) is 2.00. The fourth-order valence-corrected chi connectivity index (χ4v) is 3.24. The van der Waals surface area contributed by atoms with Crippen molar-refractivity contribution < 1.29 is 5.11 Å². The van der Waals surface area contributed by atoms with Crippen molar-refractivity contribution in [3.05, 3.63) is 29.6 Å². The summed E-state index contributed by atoms with van der Waals surface area (Å²) in [5.74, 6) is 1.48. The molecule has 0 radical (unpaired) electrons. The Bertz CT molecular complexity index is 402. The molecule has 2 unspecified atom stereocenters. The van der Waals surface area contributed by atoms with Crippen LogP contribution in [0.25, 0.3) is 0 Å². The van der Waals surface area contributed by atoms with Crippen LogP contribution in [0, 0.1) is 18.8 Å². The third kappa shape index (κ3) is 2.74. The molecule has 0 amide bonds. The molecule has 1 N–H and O–H groups in total. The molecule has 1 aliphatic rings. The number of aromatic nitrogens is 1. The number of nitrogens with zero attached hydrogens (tertiary/aromatic N) is 1. The van der Waals surface area contributed by atoms with E-state index in [2.05, 4.69) is 25.8 Å². The zero-order valence-electron chi connectivity index (χ0n) is 11.8. The summed E-state index contributed by atoms with van der Waals surface area (Å²) in [6.45, 7) is 6.66. The quantitative estimate of drug-likeness (QED) is 0.806. The number of aryl methyl sites for hydroxylation is 1. The maximum atomic E-state index is 11.0. The van der Waals surface area contributed by atoms with Crippen molar-refractivity contribution >= 4 is 0 Å². The van der Waals surface area contributed by atoms with Crippen molar-refractivity contribution in [2.24, 2.45) is 11.8 Å². The van der Waals surface area contributed by atoms with Crippen molar-refractivity contribution in [2.75, 3.05) is 0 Å². The Morgan fingerprint density at radius 3 is 2.78 bits per heavy atom. The number of hydrogen-bond donors (Lipinski definition) is 1. The van der Waals surface area contributed by atoms with Gasteiger partial charge in [-0.2, -0.15) is 0 Å². The molecule has 1 aromatic heterocycles. The summed E-state index contributed by atoms with van der Waals surface area (Å²) in [4.78, 5) is 4.19. The van der Waals surface area contributed by atoms with Gasteiger partial charge in [0.15, 0.2) is 0 Å². The smallest absolute Gasteiger partial charge is 0.0914 e. The van der Waals surface area contributed by atoms with E-state index in [1.54, 1.807) is 6.20 Å². The summed E-state index contributed by atoms with van der Waals surface area (Å²) >= 11 is 0. The summed E-state index contributed by atoms with van der Waals surface area (Å²) in [5, 5.41) is 11.0. The fraction of sp³-hybridized carbons (Fsp3) is 0.688. The van der Waals surface area contributed by atoms with E-state index in [0.717, 1.165) is 48.6 Å². The number of hydrogen-bond acceptors (Lipinski definition) is 2. The van der Waals surface area contributed by atoms with Gasteiger partial charge in [0.25, 0.3) is 0 Å². The number of pyridine rings is 1. The topological polar surface area (TPSA) is 33.1 Å². The SMILES string of the molecule is Cc1ccncc1C1(O)CCCC(C(C)C)CC1. The molecule has 2 nitrogen and oxygen atoms in total. The van der Waals surface area contributed by atoms with E-state index in [-0.39, 0.29) is 0 Å². The average molecular weight is 247 g/mol. The predicted octanol–water partition coefficient (Wildman–Crippen LogP) is 3.81. The zero-order chi connectivity index (χ0) is 13.2.